The molecular weight excluding hydrogens is 276 g/mol. The Morgan fingerprint density at radius 3 is 2.65 bits per heavy atom. The molecule has 1 aliphatic heterocycles. The van der Waals surface area contributed by atoms with Gasteiger partial charge in [-0.2, -0.15) is 0 Å². The first-order valence-electron chi connectivity index (χ1n) is 6.66. The molecule has 0 aromatic carbocycles. The van der Waals surface area contributed by atoms with Crippen molar-refractivity contribution in [3.8, 4) is 0 Å². The van der Waals surface area contributed by atoms with Crippen molar-refractivity contribution < 1.29 is 14.7 Å². The maximum Gasteiger partial charge on any atom is 0.337 e. The van der Waals surface area contributed by atoms with Crippen LogP contribution < -0.4 is 0 Å². The minimum Gasteiger partial charge on any atom is -0.478 e. The molecule has 1 aliphatic rings. The number of carboxylic acid groups (broad SMARTS) is 1. The van der Waals surface area contributed by atoms with E-state index in [4.69, 9.17) is 5.11 Å². The van der Waals surface area contributed by atoms with Crippen LogP contribution in [-0.4, -0.2) is 45.7 Å². The van der Waals surface area contributed by atoms with E-state index in [0.717, 1.165) is 25.9 Å². The second-order valence-electron chi connectivity index (χ2n) is 5.04. The lowest BCUT2D eigenvalue weighted by Gasteiger charge is -2.30. The number of aromatic carboxylic acids is 1. The minimum atomic E-state index is -0.993. The van der Waals surface area contributed by atoms with Crippen molar-refractivity contribution in [1.82, 2.24) is 9.88 Å². The molecule has 20 heavy (non-hydrogen) atoms. The highest BCUT2D eigenvalue weighted by atomic mass is 32.2. The van der Waals surface area contributed by atoms with Crippen LogP contribution in [0.3, 0.4) is 0 Å². The number of thioether (sulfide) groups is 1. The zero-order chi connectivity index (χ0) is 14.5. The van der Waals surface area contributed by atoms with E-state index in [-0.39, 0.29) is 11.5 Å². The van der Waals surface area contributed by atoms with Crippen LogP contribution in [0.2, 0.25) is 0 Å². The molecule has 1 aromatic heterocycles. The molecule has 1 amide bonds. The maximum atomic E-state index is 12.0. The third-order valence-corrected chi connectivity index (χ3v) is 4.39. The van der Waals surface area contributed by atoms with Crippen LogP contribution in [0.15, 0.2) is 23.4 Å². The number of aromatic nitrogens is 1. The van der Waals surface area contributed by atoms with Crippen LogP contribution in [-0.2, 0) is 4.79 Å². The fourth-order valence-corrected chi connectivity index (χ4v) is 2.82. The average molecular weight is 294 g/mol. The van der Waals surface area contributed by atoms with Gasteiger partial charge in [-0.3, -0.25) is 4.79 Å². The monoisotopic (exact) mass is 294 g/mol. The largest absolute Gasteiger partial charge is 0.478 e. The Hall–Kier alpha value is -1.56. The number of carbonyl (C=O) groups excluding carboxylic acids is 1. The Labute approximate surface area is 122 Å². The van der Waals surface area contributed by atoms with Gasteiger partial charge < -0.3 is 10.0 Å². The third kappa shape index (κ3) is 3.96. The van der Waals surface area contributed by atoms with E-state index in [1.165, 1.54) is 24.0 Å². The van der Waals surface area contributed by atoms with Gasteiger partial charge in [0.15, 0.2) is 0 Å². The summed E-state index contributed by atoms with van der Waals surface area (Å²) >= 11 is 1.35. The predicted octanol–water partition coefficient (Wildman–Crippen LogP) is 2.13. The number of carbonyl (C=O) groups is 2. The van der Waals surface area contributed by atoms with Gasteiger partial charge in [-0.05, 0) is 30.9 Å². The van der Waals surface area contributed by atoms with Crippen molar-refractivity contribution in [2.45, 2.75) is 24.8 Å². The van der Waals surface area contributed by atoms with Gasteiger partial charge in [0.05, 0.1) is 16.3 Å². The Balaban J connectivity index is 1.82. The molecule has 2 rings (SSSR count). The molecule has 0 bridgehead atoms. The number of carboxylic acids is 1. The number of amides is 1. The highest BCUT2D eigenvalue weighted by Gasteiger charge is 2.20. The summed E-state index contributed by atoms with van der Waals surface area (Å²) in [6.07, 6.45) is 3.46. The van der Waals surface area contributed by atoms with E-state index in [1.807, 2.05) is 4.90 Å². The average Bonchev–Trinajstić information content (AvgIpc) is 2.46. The summed E-state index contributed by atoms with van der Waals surface area (Å²) in [7, 11) is 0. The number of hydrogen-bond donors (Lipinski definition) is 1. The molecule has 1 saturated heterocycles. The van der Waals surface area contributed by atoms with Crippen LogP contribution in [0.25, 0.3) is 0 Å². The molecule has 1 aromatic rings. The normalized spacial score (nSPS) is 16.1. The fraction of sp³-hybridized carbons (Fsp3) is 0.500. The van der Waals surface area contributed by atoms with Crippen molar-refractivity contribution in [2.75, 3.05) is 18.8 Å². The molecule has 0 unspecified atom stereocenters. The summed E-state index contributed by atoms with van der Waals surface area (Å²) in [5.41, 5.74) is 0.158. The number of hydrogen-bond acceptors (Lipinski definition) is 4. The lowest BCUT2D eigenvalue weighted by Crippen LogP contribution is -2.38. The summed E-state index contributed by atoms with van der Waals surface area (Å²) in [6, 6.07) is 3.14. The first-order chi connectivity index (χ1) is 9.56. The molecule has 0 saturated carbocycles. The Morgan fingerprint density at radius 2 is 2.10 bits per heavy atom. The SMILES string of the molecule is CC1CCN(C(=O)CSc2ccc(C(=O)O)cn2)CC1. The van der Waals surface area contributed by atoms with Crippen LogP contribution >= 0.6 is 11.8 Å². The summed E-state index contributed by atoms with van der Waals surface area (Å²) in [6.45, 7) is 3.89. The standard InChI is InChI=1S/C14H18N2O3S/c1-10-4-6-16(7-5-10)13(17)9-20-12-3-2-11(8-15-12)14(18)19/h2-3,8,10H,4-7,9H2,1H3,(H,18,19). The molecule has 6 heteroatoms. The number of nitrogens with zero attached hydrogens (tertiary/aromatic N) is 2. The Morgan fingerprint density at radius 1 is 1.40 bits per heavy atom. The number of piperidine rings is 1. The van der Waals surface area contributed by atoms with E-state index >= 15 is 0 Å². The van der Waals surface area contributed by atoms with Crippen LogP contribution in [0.1, 0.15) is 30.1 Å². The zero-order valence-electron chi connectivity index (χ0n) is 11.4. The molecule has 1 N–H and O–H groups in total. The smallest absolute Gasteiger partial charge is 0.337 e. The molecule has 0 atom stereocenters. The summed E-state index contributed by atoms with van der Waals surface area (Å²) in [4.78, 5) is 28.7. The van der Waals surface area contributed by atoms with Gasteiger partial charge in [-0.25, -0.2) is 9.78 Å². The van der Waals surface area contributed by atoms with Crippen molar-refractivity contribution in [2.24, 2.45) is 5.92 Å². The van der Waals surface area contributed by atoms with Gasteiger partial charge in [-0.1, -0.05) is 18.7 Å². The van der Waals surface area contributed by atoms with E-state index in [9.17, 15) is 9.59 Å². The van der Waals surface area contributed by atoms with Crippen molar-refractivity contribution >= 4 is 23.6 Å². The van der Waals surface area contributed by atoms with E-state index in [2.05, 4.69) is 11.9 Å². The van der Waals surface area contributed by atoms with Crippen LogP contribution in [0.4, 0.5) is 0 Å². The maximum absolute atomic E-state index is 12.0. The highest BCUT2D eigenvalue weighted by molar-refractivity contribution is 7.99. The quantitative estimate of drug-likeness (QED) is 0.861. The lowest BCUT2D eigenvalue weighted by atomic mass is 9.99. The van der Waals surface area contributed by atoms with Gasteiger partial charge in [0.2, 0.25) is 5.91 Å². The summed E-state index contributed by atoms with van der Waals surface area (Å²) in [5, 5.41) is 9.45. The van der Waals surface area contributed by atoms with E-state index in [0.29, 0.717) is 16.7 Å². The Kier molecular flexibility index (Phi) is 5.00. The Bertz CT molecular complexity index is 482. The second kappa shape index (κ2) is 6.74. The number of pyridine rings is 1. The number of likely N-dealkylation sites (tertiary alicyclic amines) is 1. The van der Waals surface area contributed by atoms with E-state index < -0.39 is 5.97 Å². The molecule has 1 fully saturated rings. The highest BCUT2D eigenvalue weighted by Crippen LogP contribution is 2.19. The summed E-state index contributed by atoms with van der Waals surface area (Å²) in [5.74, 6) is 0.198. The zero-order valence-corrected chi connectivity index (χ0v) is 12.2. The van der Waals surface area contributed by atoms with Gasteiger partial charge >= 0.3 is 5.97 Å². The van der Waals surface area contributed by atoms with Crippen LogP contribution in [0, 0.1) is 5.92 Å². The molecule has 0 spiro atoms. The second-order valence-corrected chi connectivity index (χ2v) is 6.04. The van der Waals surface area contributed by atoms with Gasteiger partial charge in [0, 0.05) is 19.3 Å². The molecule has 0 aliphatic carbocycles. The number of rotatable bonds is 4. The molecule has 108 valence electrons. The summed E-state index contributed by atoms with van der Waals surface area (Å²) < 4.78 is 0. The first-order valence-corrected chi connectivity index (χ1v) is 7.64. The van der Waals surface area contributed by atoms with Gasteiger partial charge in [0.1, 0.15) is 0 Å². The first kappa shape index (κ1) is 14.8. The lowest BCUT2D eigenvalue weighted by molar-refractivity contribution is -0.129. The van der Waals surface area contributed by atoms with Gasteiger partial charge in [0.25, 0.3) is 0 Å². The minimum absolute atomic E-state index is 0.131. The van der Waals surface area contributed by atoms with Crippen LogP contribution in [0.5, 0.6) is 0 Å². The molecule has 0 radical (unpaired) electrons. The van der Waals surface area contributed by atoms with Crippen molar-refractivity contribution in [3.05, 3.63) is 23.9 Å². The van der Waals surface area contributed by atoms with E-state index in [1.54, 1.807) is 6.07 Å². The topological polar surface area (TPSA) is 70.5 Å². The fourth-order valence-electron chi connectivity index (χ4n) is 2.08. The molecule has 2 heterocycles. The van der Waals surface area contributed by atoms with Crippen molar-refractivity contribution in [1.29, 1.82) is 0 Å². The third-order valence-electron chi connectivity index (χ3n) is 3.46. The molecule has 5 nitrogen and oxygen atoms in total. The van der Waals surface area contributed by atoms with Crippen molar-refractivity contribution in [3.63, 3.8) is 0 Å². The van der Waals surface area contributed by atoms with Gasteiger partial charge in [-0.15, -0.1) is 0 Å². The predicted molar refractivity (Wildman–Crippen MR) is 76.9 cm³/mol. The molecular formula is C14H18N2O3S.